The third-order valence-corrected chi connectivity index (χ3v) is 3.74. The standard InChI is InChI=1S/C16H28N4O/c1-3-4-5-15-19-13(2)12-16(20-15)18-9-8-17-14-6-10-21-11-7-14/h12,14,17H,3-11H2,1-2H3,(H,18,19,20). The lowest BCUT2D eigenvalue weighted by molar-refractivity contribution is 0.0784. The Morgan fingerprint density at radius 2 is 2.05 bits per heavy atom. The molecule has 21 heavy (non-hydrogen) atoms. The largest absolute Gasteiger partial charge is 0.381 e. The average molecular weight is 292 g/mol. The molecule has 1 aromatic rings. The van der Waals surface area contributed by atoms with Crippen LogP contribution in [0.2, 0.25) is 0 Å². The van der Waals surface area contributed by atoms with E-state index >= 15 is 0 Å². The normalized spacial score (nSPS) is 16.1. The van der Waals surface area contributed by atoms with Crippen LogP contribution in [0.15, 0.2) is 6.07 Å². The number of hydrogen-bond acceptors (Lipinski definition) is 5. The van der Waals surface area contributed by atoms with E-state index in [2.05, 4.69) is 27.5 Å². The van der Waals surface area contributed by atoms with E-state index in [0.29, 0.717) is 6.04 Å². The minimum Gasteiger partial charge on any atom is -0.381 e. The van der Waals surface area contributed by atoms with Gasteiger partial charge in [-0.05, 0) is 26.2 Å². The predicted molar refractivity (Wildman–Crippen MR) is 85.7 cm³/mol. The molecule has 0 aliphatic carbocycles. The number of ether oxygens (including phenoxy) is 1. The molecular formula is C16H28N4O. The average Bonchev–Trinajstić information content (AvgIpc) is 2.50. The smallest absolute Gasteiger partial charge is 0.130 e. The summed E-state index contributed by atoms with van der Waals surface area (Å²) in [6, 6.07) is 2.62. The molecule has 118 valence electrons. The Kier molecular flexibility index (Phi) is 6.89. The summed E-state index contributed by atoms with van der Waals surface area (Å²) in [7, 11) is 0. The first-order valence-corrected chi connectivity index (χ1v) is 8.17. The number of aryl methyl sites for hydroxylation is 2. The molecule has 1 fully saturated rings. The van der Waals surface area contributed by atoms with Gasteiger partial charge in [0, 0.05) is 50.5 Å². The zero-order valence-electron chi connectivity index (χ0n) is 13.3. The van der Waals surface area contributed by atoms with Crippen molar-refractivity contribution in [2.75, 3.05) is 31.6 Å². The van der Waals surface area contributed by atoms with Crippen LogP contribution in [0.1, 0.15) is 44.1 Å². The first-order valence-electron chi connectivity index (χ1n) is 8.17. The first kappa shape index (κ1) is 16.2. The van der Waals surface area contributed by atoms with Crippen LogP contribution >= 0.6 is 0 Å². The van der Waals surface area contributed by atoms with Gasteiger partial charge in [-0.3, -0.25) is 0 Å². The molecule has 2 heterocycles. The Bertz CT molecular complexity index is 419. The van der Waals surface area contributed by atoms with Crippen LogP contribution in [0, 0.1) is 6.92 Å². The summed E-state index contributed by atoms with van der Waals surface area (Å²) >= 11 is 0. The topological polar surface area (TPSA) is 59.1 Å². The van der Waals surface area contributed by atoms with Crippen LogP contribution in [0.4, 0.5) is 5.82 Å². The molecule has 5 nitrogen and oxygen atoms in total. The van der Waals surface area contributed by atoms with Gasteiger partial charge in [0.2, 0.25) is 0 Å². The molecule has 1 aliphatic rings. The number of unbranched alkanes of at least 4 members (excludes halogenated alkanes) is 1. The maximum absolute atomic E-state index is 5.36. The minimum absolute atomic E-state index is 0.604. The highest BCUT2D eigenvalue weighted by Gasteiger charge is 2.12. The van der Waals surface area contributed by atoms with E-state index in [0.717, 1.165) is 69.3 Å². The lowest BCUT2D eigenvalue weighted by atomic mass is 10.1. The van der Waals surface area contributed by atoms with E-state index in [-0.39, 0.29) is 0 Å². The van der Waals surface area contributed by atoms with Crippen LogP contribution in [0.5, 0.6) is 0 Å². The Balaban J connectivity index is 1.72. The molecule has 0 atom stereocenters. The van der Waals surface area contributed by atoms with Crippen molar-refractivity contribution in [2.45, 2.75) is 52.0 Å². The zero-order valence-corrected chi connectivity index (χ0v) is 13.3. The maximum Gasteiger partial charge on any atom is 0.130 e. The van der Waals surface area contributed by atoms with Crippen LogP contribution in [-0.4, -0.2) is 42.3 Å². The van der Waals surface area contributed by atoms with Gasteiger partial charge in [-0.1, -0.05) is 13.3 Å². The van der Waals surface area contributed by atoms with E-state index in [4.69, 9.17) is 4.74 Å². The molecule has 0 unspecified atom stereocenters. The summed E-state index contributed by atoms with van der Waals surface area (Å²) in [6.45, 7) is 7.84. The van der Waals surface area contributed by atoms with Crippen LogP contribution in [0.3, 0.4) is 0 Å². The van der Waals surface area contributed by atoms with E-state index in [1.165, 1.54) is 6.42 Å². The first-order chi connectivity index (χ1) is 10.3. The van der Waals surface area contributed by atoms with E-state index in [9.17, 15) is 0 Å². The van der Waals surface area contributed by atoms with Gasteiger partial charge in [0.05, 0.1) is 0 Å². The Morgan fingerprint density at radius 1 is 1.24 bits per heavy atom. The summed E-state index contributed by atoms with van der Waals surface area (Å²) < 4.78 is 5.36. The van der Waals surface area contributed by atoms with E-state index in [1.54, 1.807) is 0 Å². The third-order valence-electron chi connectivity index (χ3n) is 3.74. The van der Waals surface area contributed by atoms with Crippen molar-refractivity contribution in [3.63, 3.8) is 0 Å². The lowest BCUT2D eigenvalue weighted by Crippen LogP contribution is -2.37. The van der Waals surface area contributed by atoms with Gasteiger partial charge >= 0.3 is 0 Å². The Hall–Kier alpha value is -1.20. The number of nitrogens with zero attached hydrogens (tertiary/aromatic N) is 2. The summed E-state index contributed by atoms with van der Waals surface area (Å²) in [5, 5.41) is 6.97. The molecule has 0 bridgehead atoms. The van der Waals surface area contributed by atoms with Crippen molar-refractivity contribution >= 4 is 5.82 Å². The third kappa shape index (κ3) is 5.98. The molecule has 5 heteroatoms. The van der Waals surface area contributed by atoms with Gasteiger partial charge in [-0.25, -0.2) is 9.97 Å². The van der Waals surface area contributed by atoms with Crippen LogP contribution in [0.25, 0.3) is 0 Å². The lowest BCUT2D eigenvalue weighted by Gasteiger charge is -2.23. The van der Waals surface area contributed by atoms with Gasteiger partial charge in [0.25, 0.3) is 0 Å². The second-order valence-corrected chi connectivity index (χ2v) is 5.68. The molecule has 1 aliphatic heterocycles. The van der Waals surface area contributed by atoms with Gasteiger partial charge < -0.3 is 15.4 Å². The molecule has 0 aromatic carbocycles. The monoisotopic (exact) mass is 292 g/mol. The fraction of sp³-hybridized carbons (Fsp3) is 0.750. The van der Waals surface area contributed by atoms with Crippen molar-refractivity contribution < 1.29 is 4.74 Å². The summed E-state index contributed by atoms with van der Waals surface area (Å²) in [5.74, 6) is 1.90. The fourth-order valence-corrected chi connectivity index (χ4v) is 2.54. The Morgan fingerprint density at radius 3 is 2.81 bits per heavy atom. The van der Waals surface area contributed by atoms with Gasteiger partial charge in [-0.15, -0.1) is 0 Å². The van der Waals surface area contributed by atoms with Crippen LogP contribution < -0.4 is 10.6 Å². The van der Waals surface area contributed by atoms with E-state index in [1.807, 2.05) is 13.0 Å². The second-order valence-electron chi connectivity index (χ2n) is 5.68. The van der Waals surface area contributed by atoms with Crippen molar-refractivity contribution in [1.29, 1.82) is 0 Å². The number of hydrogen-bond donors (Lipinski definition) is 2. The molecule has 0 radical (unpaired) electrons. The number of anilines is 1. The summed E-state index contributed by atoms with van der Waals surface area (Å²) in [6.07, 6.45) is 5.53. The highest BCUT2D eigenvalue weighted by molar-refractivity contribution is 5.35. The van der Waals surface area contributed by atoms with Gasteiger partial charge in [-0.2, -0.15) is 0 Å². The highest BCUT2D eigenvalue weighted by atomic mass is 16.5. The molecular weight excluding hydrogens is 264 g/mol. The van der Waals surface area contributed by atoms with Crippen molar-refractivity contribution in [2.24, 2.45) is 0 Å². The molecule has 2 rings (SSSR count). The zero-order chi connectivity index (χ0) is 14.9. The van der Waals surface area contributed by atoms with Crippen molar-refractivity contribution in [3.8, 4) is 0 Å². The number of nitrogens with one attached hydrogen (secondary N) is 2. The molecule has 1 saturated heterocycles. The van der Waals surface area contributed by atoms with Crippen molar-refractivity contribution in [1.82, 2.24) is 15.3 Å². The molecule has 0 amide bonds. The van der Waals surface area contributed by atoms with E-state index < -0.39 is 0 Å². The molecule has 0 saturated carbocycles. The predicted octanol–water partition coefficient (Wildman–Crippen LogP) is 2.31. The van der Waals surface area contributed by atoms with Gasteiger partial charge in [0.15, 0.2) is 0 Å². The van der Waals surface area contributed by atoms with Gasteiger partial charge in [0.1, 0.15) is 11.6 Å². The number of rotatable bonds is 8. The van der Waals surface area contributed by atoms with Crippen molar-refractivity contribution in [3.05, 3.63) is 17.6 Å². The van der Waals surface area contributed by atoms with Crippen LogP contribution in [-0.2, 0) is 11.2 Å². The summed E-state index contributed by atoms with van der Waals surface area (Å²) in [4.78, 5) is 9.08. The molecule has 1 aromatic heterocycles. The minimum atomic E-state index is 0.604. The fourth-order valence-electron chi connectivity index (χ4n) is 2.54. The SMILES string of the molecule is CCCCc1nc(C)cc(NCCNC2CCOCC2)n1. The quantitative estimate of drug-likeness (QED) is 0.720. The number of aromatic nitrogens is 2. The Labute approximate surface area is 127 Å². The second kappa shape index (κ2) is 8.95. The maximum atomic E-state index is 5.36. The highest BCUT2D eigenvalue weighted by Crippen LogP contribution is 2.08. The molecule has 2 N–H and O–H groups in total. The summed E-state index contributed by atoms with van der Waals surface area (Å²) in [5.41, 5.74) is 1.04. The molecule has 0 spiro atoms.